The van der Waals surface area contributed by atoms with E-state index in [0.717, 1.165) is 48.9 Å². The van der Waals surface area contributed by atoms with E-state index in [1.807, 2.05) is 12.1 Å². The molecule has 35 heavy (non-hydrogen) atoms. The minimum atomic E-state index is -1.16. The van der Waals surface area contributed by atoms with Crippen LogP contribution < -0.4 is 10.2 Å². The Morgan fingerprint density at radius 1 is 1.20 bits per heavy atom. The number of nitriles is 1. The highest BCUT2D eigenvalue weighted by atomic mass is 35.5. The molecule has 3 fully saturated rings. The van der Waals surface area contributed by atoms with Crippen LogP contribution in [0.3, 0.4) is 0 Å². The second-order valence-corrected chi connectivity index (χ2v) is 12.9. The van der Waals surface area contributed by atoms with E-state index >= 15 is 0 Å². The van der Waals surface area contributed by atoms with Gasteiger partial charge in [-0.25, -0.2) is 4.98 Å². The fraction of sp³-hybridized carbons (Fsp3) is 0.556. The number of aryl methyl sites for hydroxylation is 1. The fourth-order valence-corrected chi connectivity index (χ4v) is 7.98. The third-order valence-corrected chi connectivity index (χ3v) is 10.5. The second kappa shape index (κ2) is 8.76. The van der Waals surface area contributed by atoms with E-state index in [4.69, 9.17) is 16.6 Å². The molecule has 1 saturated heterocycles. The lowest BCUT2D eigenvalue weighted by molar-refractivity contribution is 0.127. The number of hydrogen-bond acceptors (Lipinski definition) is 6. The Hall–Kier alpha value is -2.14. The molecule has 2 N–H and O–H groups in total. The van der Waals surface area contributed by atoms with Crippen molar-refractivity contribution in [1.29, 1.82) is 5.26 Å². The first-order valence-corrected chi connectivity index (χ1v) is 14.4. The molecule has 6 rings (SSSR count). The van der Waals surface area contributed by atoms with Crippen LogP contribution in [0.5, 0.6) is 0 Å². The Kier molecular flexibility index (Phi) is 5.82. The fourth-order valence-electron chi connectivity index (χ4n) is 6.48. The molecule has 4 aliphatic rings. The van der Waals surface area contributed by atoms with Gasteiger partial charge in [0.1, 0.15) is 17.5 Å². The van der Waals surface area contributed by atoms with Crippen molar-refractivity contribution in [3.63, 3.8) is 0 Å². The highest BCUT2D eigenvalue weighted by molar-refractivity contribution is 7.85. The summed E-state index contributed by atoms with van der Waals surface area (Å²) >= 11 is 6.07. The van der Waals surface area contributed by atoms with Crippen molar-refractivity contribution >= 4 is 33.9 Å². The number of hydrogen-bond donors (Lipinski definition) is 2. The zero-order valence-corrected chi connectivity index (χ0v) is 21.4. The van der Waals surface area contributed by atoms with Crippen LogP contribution in [0.1, 0.15) is 67.7 Å². The third-order valence-electron chi connectivity index (χ3n) is 8.81. The number of benzene rings is 1. The van der Waals surface area contributed by atoms with E-state index in [2.05, 4.69) is 28.4 Å². The van der Waals surface area contributed by atoms with Crippen molar-refractivity contribution in [2.24, 2.45) is 5.41 Å². The van der Waals surface area contributed by atoms with E-state index < -0.39 is 16.3 Å². The molecule has 1 spiro atoms. The summed E-state index contributed by atoms with van der Waals surface area (Å²) in [6, 6.07) is 10.7. The molecule has 184 valence electrons. The zero-order chi connectivity index (χ0) is 24.2. The molecule has 0 radical (unpaired) electrons. The van der Waals surface area contributed by atoms with Gasteiger partial charge in [-0.15, -0.1) is 0 Å². The summed E-state index contributed by atoms with van der Waals surface area (Å²) in [6.45, 7) is 1.83. The van der Waals surface area contributed by atoms with E-state index in [0.29, 0.717) is 34.2 Å². The molecular formula is C27H31ClN4O2S. The predicted octanol–water partition coefficient (Wildman–Crippen LogP) is 4.76. The van der Waals surface area contributed by atoms with Crippen LogP contribution >= 0.6 is 11.6 Å². The second-order valence-electron chi connectivity index (χ2n) is 11.0. The lowest BCUT2D eigenvalue weighted by atomic mass is 9.65. The van der Waals surface area contributed by atoms with E-state index in [-0.39, 0.29) is 12.0 Å². The summed E-state index contributed by atoms with van der Waals surface area (Å²) < 4.78 is 12.8. The Bertz CT molecular complexity index is 1200. The molecule has 2 aliphatic carbocycles. The summed E-state index contributed by atoms with van der Waals surface area (Å²) in [7, 11) is -1.16. The van der Waals surface area contributed by atoms with Gasteiger partial charge < -0.3 is 15.3 Å². The number of nitrogens with one attached hydrogen (secondary N) is 1. The summed E-state index contributed by atoms with van der Waals surface area (Å²) in [5.74, 6) is 1.86. The average Bonchev–Trinajstić information content (AvgIpc) is 3.20. The number of halogens is 1. The zero-order valence-electron chi connectivity index (χ0n) is 19.9. The Morgan fingerprint density at radius 2 is 1.91 bits per heavy atom. The Morgan fingerprint density at radius 3 is 2.51 bits per heavy atom. The highest BCUT2D eigenvalue weighted by Crippen LogP contribution is 2.51. The predicted molar refractivity (Wildman–Crippen MR) is 139 cm³/mol. The minimum Gasteiger partial charge on any atom is -0.394 e. The minimum absolute atomic E-state index is 0.0124. The molecule has 1 aromatic carbocycles. The van der Waals surface area contributed by atoms with Gasteiger partial charge in [0.2, 0.25) is 0 Å². The van der Waals surface area contributed by atoms with Gasteiger partial charge in [-0.05, 0) is 68.6 Å². The van der Waals surface area contributed by atoms with Gasteiger partial charge >= 0.3 is 0 Å². The molecule has 1 aromatic heterocycles. The molecule has 0 bridgehead atoms. The summed E-state index contributed by atoms with van der Waals surface area (Å²) in [6.07, 6.45) is 8.11. The van der Waals surface area contributed by atoms with Crippen LogP contribution in [0.25, 0.3) is 0 Å². The van der Waals surface area contributed by atoms with Crippen LogP contribution in [0.15, 0.2) is 29.2 Å². The molecule has 3 heterocycles. The molecule has 1 atom stereocenters. The first-order chi connectivity index (χ1) is 16.9. The number of fused-ring (bicyclic) bond motifs is 1. The van der Waals surface area contributed by atoms with Crippen LogP contribution in [-0.2, 0) is 17.2 Å². The van der Waals surface area contributed by atoms with Gasteiger partial charge in [0.15, 0.2) is 0 Å². The van der Waals surface area contributed by atoms with Crippen LogP contribution in [0.4, 0.5) is 11.5 Å². The van der Waals surface area contributed by atoms with Gasteiger partial charge in [-0.2, -0.15) is 5.26 Å². The molecule has 8 heteroatoms. The largest absolute Gasteiger partial charge is 0.394 e. The van der Waals surface area contributed by atoms with Gasteiger partial charge in [-0.1, -0.05) is 23.7 Å². The van der Waals surface area contributed by atoms with Crippen molar-refractivity contribution < 1.29 is 9.32 Å². The SMILES string of the molecule is N#Cc1c(N2CC3(CCC(c4ccc(Cl)cc4)CC3)C2)nc2c(c1NC1(CO)CCC1)S(=O)CC2. The molecule has 2 aliphatic heterocycles. The lowest BCUT2D eigenvalue weighted by Gasteiger charge is -2.54. The van der Waals surface area contributed by atoms with E-state index in [9.17, 15) is 14.6 Å². The van der Waals surface area contributed by atoms with Crippen molar-refractivity contribution in [3.8, 4) is 6.07 Å². The average molecular weight is 511 g/mol. The quantitative estimate of drug-likeness (QED) is 0.602. The number of anilines is 2. The summed E-state index contributed by atoms with van der Waals surface area (Å²) in [5.41, 5.74) is 3.24. The van der Waals surface area contributed by atoms with Crippen molar-refractivity contribution in [1.82, 2.24) is 4.98 Å². The van der Waals surface area contributed by atoms with Gasteiger partial charge in [0.05, 0.1) is 39.2 Å². The molecule has 2 aromatic rings. The Balaban J connectivity index is 1.23. The first kappa shape index (κ1) is 23.3. The molecule has 6 nitrogen and oxygen atoms in total. The monoisotopic (exact) mass is 510 g/mol. The third kappa shape index (κ3) is 3.94. The van der Waals surface area contributed by atoms with Crippen molar-refractivity contribution in [2.75, 3.05) is 35.7 Å². The number of pyridine rings is 1. The maximum absolute atomic E-state index is 12.8. The number of aliphatic hydroxyl groups is 1. The van der Waals surface area contributed by atoms with Crippen LogP contribution in [0.2, 0.25) is 5.02 Å². The number of nitrogens with zero attached hydrogens (tertiary/aromatic N) is 3. The van der Waals surface area contributed by atoms with Gasteiger partial charge in [-0.3, -0.25) is 4.21 Å². The van der Waals surface area contributed by atoms with E-state index in [1.165, 1.54) is 31.2 Å². The van der Waals surface area contributed by atoms with Crippen LogP contribution in [0, 0.1) is 16.7 Å². The van der Waals surface area contributed by atoms with Crippen molar-refractivity contribution in [2.45, 2.75) is 67.7 Å². The van der Waals surface area contributed by atoms with E-state index in [1.54, 1.807) is 0 Å². The summed E-state index contributed by atoms with van der Waals surface area (Å²) in [4.78, 5) is 7.84. The van der Waals surface area contributed by atoms with Gasteiger partial charge in [0.25, 0.3) is 0 Å². The molecule has 0 amide bonds. The number of aliphatic hydroxyl groups excluding tert-OH is 1. The smallest absolute Gasteiger partial charge is 0.149 e. The van der Waals surface area contributed by atoms with Gasteiger partial charge in [0, 0.05) is 35.7 Å². The maximum atomic E-state index is 12.8. The number of aromatic nitrogens is 1. The standard InChI is InChI=1S/C27H31ClN4O2S/c28-20-4-2-18(3-5-20)19-6-11-26(12-7-19)15-32(16-26)25-21(14-29)23(31-27(17-33)9-1-10-27)24-22(30-25)8-13-35(24)34/h2-5,19,33H,1,6-13,15-17H2,(H,30,31). The lowest BCUT2D eigenvalue weighted by Crippen LogP contribution is -2.58. The normalized spacial score (nSPS) is 24.4. The molecule has 2 saturated carbocycles. The molecule has 1 unspecified atom stereocenters. The molecular weight excluding hydrogens is 480 g/mol. The number of rotatable bonds is 5. The Labute approximate surface area is 214 Å². The maximum Gasteiger partial charge on any atom is 0.149 e. The van der Waals surface area contributed by atoms with Crippen molar-refractivity contribution in [3.05, 3.63) is 46.1 Å². The summed E-state index contributed by atoms with van der Waals surface area (Å²) in [5, 5.41) is 24.5. The van der Waals surface area contributed by atoms with Crippen LogP contribution in [-0.4, -0.2) is 45.3 Å². The first-order valence-electron chi connectivity index (χ1n) is 12.7. The topological polar surface area (TPSA) is 89.2 Å². The highest BCUT2D eigenvalue weighted by Gasteiger charge is 2.47.